The summed E-state index contributed by atoms with van der Waals surface area (Å²) in [4.78, 5) is 0. The molecule has 0 saturated carbocycles. The molecule has 0 aliphatic carbocycles. The number of hydrogen-bond donors (Lipinski definition) is 0. The molecule has 1 heterocycles. The second-order valence-electron chi connectivity index (χ2n) is 2.73. The molecule has 2 aromatic rings. The topological polar surface area (TPSA) is 0 Å². The summed E-state index contributed by atoms with van der Waals surface area (Å²) in [6, 6.07) is 3.23. The zero-order valence-corrected chi connectivity index (χ0v) is 11.3. The van der Waals surface area contributed by atoms with Crippen molar-refractivity contribution in [1.82, 2.24) is 0 Å². The molecular formula is C9H4BrF2IS. The van der Waals surface area contributed by atoms with Crippen molar-refractivity contribution in [2.24, 2.45) is 0 Å². The van der Waals surface area contributed by atoms with Crippen molar-refractivity contribution < 1.29 is 8.78 Å². The van der Waals surface area contributed by atoms with E-state index in [0.717, 1.165) is 13.7 Å². The van der Waals surface area contributed by atoms with Crippen LogP contribution in [0.3, 0.4) is 0 Å². The fourth-order valence-corrected chi connectivity index (χ4v) is 3.90. The molecule has 0 aliphatic rings. The van der Waals surface area contributed by atoms with Crippen molar-refractivity contribution in [1.29, 1.82) is 0 Å². The van der Waals surface area contributed by atoms with Gasteiger partial charge in [-0.05, 0) is 38.5 Å². The van der Waals surface area contributed by atoms with Crippen molar-refractivity contribution in [2.75, 3.05) is 0 Å². The van der Waals surface area contributed by atoms with E-state index < -0.39 is 6.43 Å². The molecule has 0 amide bonds. The zero-order chi connectivity index (χ0) is 10.3. The van der Waals surface area contributed by atoms with E-state index in [4.69, 9.17) is 0 Å². The average Bonchev–Trinajstić information content (AvgIpc) is 2.49. The van der Waals surface area contributed by atoms with E-state index in [1.54, 1.807) is 6.07 Å². The van der Waals surface area contributed by atoms with Gasteiger partial charge < -0.3 is 0 Å². The Labute approximate surface area is 106 Å². The lowest BCUT2D eigenvalue weighted by molar-refractivity contribution is 0.151. The average molecular weight is 389 g/mol. The van der Waals surface area contributed by atoms with Crippen LogP contribution in [0.5, 0.6) is 0 Å². The van der Waals surface area contributed by atoms with E-state index in [1.165, 1.54) is 17.4 Å². The molecule has 5 heteroatoms. The summed E-state index contributed by atoms with van der Waals surface area (Å²) < 4.78 is 27.6. The molecule has 0 fully saturated rings. The maximum atomic E-state index is 12.5. The van der Waals surface area contributed by atoms with Crippen molar-refractivity contribution in [3.05, 3.63) is 31.1 Å². The second-order valence-corrected chi connectivity index (χ2v) is 5.56. The molecule has 74 valence electrons. The summed E-state index contributed by atoms with van der Waals surface area (Å²) in [5, 5.41) is 3.00. The highest BCUT2D eigenvalue weighted by atomic mass is 127. The molecule has 0 atom stereocenters. The van der Waals surface area contributed by atoms with E-state index in [1.807, 2.05) is 5.38 Å². The first kappa shape index (κ1) is 10.8. The zero-order valence-electron chi connectivity index (χ0n) is 6.73. The molecule has 0 radical (unpaired) electrons. The number of alkyl halides is 2. The van der Waals surface area contributed by atoms with Crippen molar-refractivity contribution in [2.45, 2.75) is 6.43 Å². The van der Waals surface area contributed by atoms with Crippen LogP contribution in [0.2, 0.25) is 0 Å². The van der Waals surface area contributed by atoms with E-state index in [0.29, 0.717) is 4.47 Å². The Hall–Kier alpha value is 0.250. The van der Waals surface area contributed by atoms with Gasteiger partial charge in [-0.1, -0.05) is 12.1 Å². The van der Waals surface area contributed by atoms with Gasteiger partial charge in [-0.2, -0.15) is 0 Å². The molecule has 2 rings (SSSR count). The Kier molecular flexibility index (Phi) is 3.09. The summed E-state index contributed by atoms with van der Waals surface area (Å²) in [7, 11) is 0. The number of fused-ring (bicyclic) bond motifs is 1. The van der Waals surface area contributed by atoms with E-state index in [-0.39, 0.29) is 5.56 Å². The first-order valence-corrected chi connectivity index (χ1v) is 6.49. The monoisotopic (exact) mass is 388 g/mol. The van der Waals surface area contributed by atoms with Gasteiger partial charge in [0.25, 0.3) is 6.43 Å². The van der Waals surface area contributed by atoms with Crippen LogP contribution in [0, 0.1) is 3.57 Å². The van der Waals surface area contributed by atoms with Gasteiger partial charge in [0.2, 0.25) is 0 Å². The lowest BCUT2D eigenvalue weighted by Gasteiger charge is -2.03. The first-order chi connectivity index (χ1) is 6.61. The molecule has 0 bridgehead atoms. The highest BCUT2D eigenvalue weighted by molar-refractivity contribution is 14.1. The fraction of sp³-hybridized carbons (Fsp3) is 0.111. The molecule has 0 saturated heterocycles. The molecule has 0 unspecified atom stereocenters. The van der Waals surface area contributed by atoms with Crippen LogP contribution >= 0.6 is 49.9 Å². The Morgan fingerprint density at radius 2 is 2.07 bits per heavy atom. The van der Waals surface area contributed by atoms with Crippen LogP contribution in [-0.4, -0.2) is 0 Å². The van der Waals surface area contributed by atoms with Gasteiger partial charge in [0.05, 0.1) is 4.70 Å². The third kappa shape index (κ3) is 1.69. The maximum Gasteiger partial charge on any atom is 0.264 e. The number of rotatable bonds is 1. The largest absolute Gasteiger partial charge is 0.264 e. The second kappa shape index (κ2) is 4.02. The first-order valence-electron chi connectivity index (χ1n) is 3.74. The maximum absolute atomic E-state index is 12.5. The lowest BCUT2D eigenvalue weighted by atomic mass is 10.2. The molecular weight excluding hydrogens is 385 g/mol. The van der Waals surface area contributed by atoms with E-state index in [2.05, 4.69) is 38.5 Å². The van der Waals surface area contributed by atoms with Crippen LogP contribution in [0.4, 0.5) is 8.78 Å². The molecule has 0 spiro atoms. The number of benzene rings is 1. The molecule has 1 aromatic heterocycles. The number of hydrogen-bond acceptors (Lipinski definition) is 1. The summed E-state index contributed by atoms with van der Waals surface area (Å²) >= 11 is 6.91. The Balaban J connectivity index is 2.76. The highest BCUT2D eigenvalue weighted by Crippen LogP contribution is 2.38. The smallest absolute Gasteiger partial charge is 0.205 e. The number of thiophene rings is 1. The van der Waals surface area contributed by atoms with Crippen LogP contribution in [0.25, 0.3) is 10.1 Å². The quantitative estimate of drug-likeness (QED) is 0.588. The summed E-state index contributed by atoms with van der Waals surface area (Å²) in [6.45, 7) is 0. The Morgan fingerprint density at radius 3 is 2.71 bits per heavy atom. The van der Waals surface area contributed by atoms with Crippen LogP contribution < -0.4 is 0 Å². The van der Waals surface area contributed by atoms with Crippen molar-refractivity contribution in [3.63, 3.8) is 0 Å². The van der Waals surface area contributed by atoms with Gasteiger partial charge >= 0.3 is 0 Å². The minimum Gasteiger partial charge on any atom is -0.205 e. The molecule has 0 nitrogen and oxygen atoms in total. The molecule has 0 aliphatic heterocycles. The highest BCUT2D eigenvalue weighted by Gasteiger charge is 2.15. The van der Waals surface area contributed by atoms with Crippen LogP contribution in [-0.2, 0) is 0 Å². The molecule has 14 heavy (non-hydrogen) atoms. The van der Waals surface area contributed by atoms with Crippen molar-refractivity contribution in [3.8, 4) is 0 Å². The predicted octanol–water partition coefficient (Wildman–Crippen LogP) is 5.21. The summed E-state index contributed by atoms with van der Waals surface area (Å²) in [5.74, 6) is 0. The van der Waals surface area contributed by atoms with Gasteiger partial charge in [0, 0.05) is 24.4 Å². The van der Waals surface area contributed by atoms with Gasteiger partial charge in [0.1, 0.15) is 0 Å². The minimum absolute atomic E-state index is 0.0655. The fourth-order valence-electron chi connectivity index (χ4n) is 1.22. The Bertz CT molecular complexity index is 481. The van der Waals surface area contributed by atoms with Gasteiger partial charge in [-0.25, -0.2) is 8.78 Å². The third-order valence-electron chi connectivity index (χ3n) is 1.90. The molecule has 1 aromatic carbocycles. The minimum atomic E-state index is -2.42. The van der Waals surface area contributed by atoms with Crippen LogP contribution in [0.1, 0.15) is 12.0 Å². The lowest BCUT2D eigenvalue weighted by Crippen LogP contribution is -1.85. The SMILES string of the molecule is FC(F)c1ccc2c(I)csc2c1Br. The Morgan fingerprint density at radius 1 is 1.36 bits per heavy atom. The summed E-state index contributed by atoms with van der Waals surface area (Å²) in [5.41, 5.74) is 0.0655. The predicted molar refractivity (Wildman–Crippen MR) is 67.2 cm³/mol. The van der Waals surface area contributed by atoms with Gasteiger partial charge in [-0.15, -0.1) is 11.3 Å². The van der Waals surface area contributed by atoms with Crippen LogP contribution in [0.15, 0.2) is 22.0 Å². The van der Waals surface area contributed by atoms with E-state index >= 15 is 0 Å². The third-order valence-corrected chi connectivity index (χ3v) is 5.34. The van der Waals surface area contributed by atoms with Crippen molar-refractivity contribution >= 4 is 59.9 Å². The summed E-state index contributed by atoms with van der Waals surface area (Å²) in [6.07, 6.45) is -2.42. The van der Waals surface area contributed by atoms with E-state index in [9.17, 15) is 8.78 Å². The normalized spacial score (nSPS) is 11.5. The van der Waals surface area contributed by atoms with Gasteiger partial charge in [-0.3, -0.25) is 0 Å². The molecule has 0 N–H and O–H groups in total. The standard InChI is InChI=1S/C9H4BrF2IS/c10-7-5(9(11)12)2-1-4-6(13)3-14-8(4)7/h1-3,9H. The van der Waals surface area contributed by atoms with Gasteiger partial charge in [0.15, 0.2) is 0 Å². The number of halogens is 4.